The summed E-state index contributed by atoms with van der Waals surface area (Å²) in [7, 11) is 0. The van der Waals surface area contributed by atoms with Gasteiger partial charge in [-0.3, -0.25) is 0 Å². The summed E-state index contributed by atoms with van der Waals surface area (Å²) in [5.74, 6) is 0.0767. The lowest BCUT2D eigenvalue weighted by atomic mass is 9.64. The molecule has 0 spiro atoms. The van der Waals surface area contributed by atoms with Crippen molar-refractivity contribution in [3.8, 4) is 12.1 Å². The smallest absolute Gasteiger partial charge is 0.108 e. The summed E-state index contributed by atoms with van der Waals surface area (Å²) in [5, 5.41) is 27.6. The second kappa shape index (κ2) is 3.03. The Labute approximate surface area is 84.3 Å². The van der Waals surface area contributed by atoms with Crippen LogP contribution in [0.5, 0.6) is 0 Å². The molecule has 14 heavy (non-hydrogen) atoms. The molecule has 0 radical (unpaired) electrons. The van der Waals surface area contributed by atoms with Crippen molar-refractivity contribution in [2.24, 2.45) is 10.8 Å². The minimum absolute atomic E-state index is 0.0767. The Kier molecular flexibility index (Phi) is 2.29. The number of aliphatic hydroxyl groups is 1. The standard InChI is InChI=1S/C11H14N2O/c1-10(2)4-9(14)8(5-12)11(3,6-10)7-13/h14H,4,6H2,1-3H3. The van der Waals surface area contributed by atoms with Gasteiger partial charge >= 0.3 is 0 Å². The van der Waals surface area contributed by atoms with Crippen molar-refractivity contribution in [3.05, 3.63) is 11.3 Å². The Balaban J connectivity index is 3.27. The zero-order valence-electron chi connectivity index (χ0n) is 8.76. The van der Waals surface area contributed by atoms with Crippen molar-refractivity contribution in [3.63, 3.8) is 0 Å². The van der Waals surface area contributed by atoms with E-state index in [2.05, 4.69) is 6.07 Å². The summed E-state index contributed by atoms with van der Waals surface area (Å²) in [5.41, 5.74) is -0.713. The Morgan fingerprint density at radius 3 is 2.29 bits per heavy atom. The van der Waals surface area contributed by atoms with Gasteiger partial charge in [0.2, 0.25) is 0 Å². The van der Waals surface area contributed by atoms with Gasteiger partial charge in [-0.1, -0.05) is 13.8 Å². The second-order valence-electron chi connectivity index (χ2n) is 4.90. The van der Waals surface area contributed by atoms with Crippen LogP contribution in [0.4, 0.5) is 0 Å². The average molecular weight is 190 g/mol. The molecule has 0 bridgehead atoms. The fraction of sp³-hybridized carbons (Fsp3) is 0.636. The summed E-state index contributed by atoms with van der Waals surface area (Å²) in [6.07, 6.45) is 1.09. The highest BCUT2D eigenvalue weighted by atomic mass is 16.3. The SMILES string of the molecule is CC1(C)CC(O)=C(C#N)C(C)(C#N)C1. The normalized spacial score (nSPS) is 30.6. The Hall–Kier alpha value is -1.48. The maximum absolute atomic E-state index is 9.68. The number of nitrogens with zero attached hydrogens (tertiary/aromatic N) is 2. The summed E-state index contributed by atoms with van der Waals surface area (Å²) < 4.78 is 0. The molecule has 0 saturated heterocycles. The van der Waals surface area contributed by atoms with Crippen LogP contribution in [0.2, 0.25) is 0 Å². The van der Waals surface area contributed by atoms with E-state index in [4.69, 9.17) is 10.5 Å². The van der Waals surface area contributed by atoms with Gasteiger partial charge in [-0.05, 0) is 18.8 Å². The molecule has 0 heterocycles. The van der Waals surface area contributed by atoms with Crippen molar-refractivity contribution in [2.75, 3.05) is 0 Å². The van der Waals surface area contributed by atoms with E-state index in [1.807, 2.05) is 19.9 Å². The van der Waals surface area contributed by atoms with Crippen LogP contribution in [-0.4, -0.2) is 5.11 Å². The third-order valence-electron chi connectivity index (χ3n) is 2.68. The monoisotopic (exact) mass is 190 g/mol. The number of nitriles is 2. The molecule has 0 aromatic heterocycles. The minimum Gasteiger partial charge on any atom is -0.511 e. The van der Waals surface area contributed by atoms with E-state index in [9.17, 15) is 5.11 Å². The largest absolute Gasteiger partial charge is 0.511 e. The van der Waals surface area contributed by atoms with Gasteiger partial charge in [0.25, 0.3) is 0 Å². The zero-order chi connectivity index (χ0) is 11.0. The predicted octanol–water partition coefficient (Wildman–Crippen LogP) is 2.67. The first-order valence-electron chi connectivity index (χ1n) is 4.59. The van der Waals surface area contributed by atoms with Crippen LogP contribution in [0, 0.1) is 33.5 Å². The first-order valence-corrected chi connectivity index (χ1v) is 4.59. The molecule has 0 fully saturated rings. The third kappa shape index (κ3) is 1.59. The lowest BCUT2D eigenvalue weighted by Crippen LogP contribution is -2.32. The van der Waals surface area contributed by atoms with Crippen LogP contribution < -0.4 is 0 Å². The van der Waals surface area contributed by atoms with Gasteiger partial charge < -0.3 is 5.11 Å². The molecule has 1 atom stereocenters. The van der Waals surface area contributed by atoms with Crippen molar-refractivity contribution < 1.29 is 5.11 Å². The van der Waals surface area contributed by atoms with Crippen LogP contribution in [0.25, 0.3) is 0 Å². The molecule has 1 N–H and O–H groups in total. The Morgan fingerprint density at radius 2 is 1.86 bits per heavy atom. The van der Waals surface area contributed by atoms with Crippen molar-refractivity contribution in [1.82, 2.24) is 0 Å². The summed E-state index contributed by atoms with van der Waals surface area (Å²) in [4.78, 5) is 0. The number of hydrogen-bond donors (Lipinski definition) is 1. The van der Waals surface area contributed by atoms with Crippen molar-refractivity contribution in [1.29, 1.82) is 10.5 Å². The molecular weight excluding hydrogens is 176 g/mol. The van der Waals surface area contributed by atoms with E-state index in [0.29, 0.717) is 12.8 Å². The van der Waals surface area contributed by atoms with E-state index in [-0.39, 0.29) is 16.7 Å². The zero-order valence-corrected chi connectivity index (χ0v) is 8.76. The highest BCUT2D eigenvalue weighted by molar-refractivity contribution is 5.39. The lowest BCUT2D eigenvalue weighted by molar-refractivity contribution is 0.185. The van der Waals surface area contributed by atoms with Gasteiger partial charge in [0.15, 0.2) is 0 Å². The quantitative estimate of drug-likeness (QED) is 0.638. The first kappa shape index (κ1) is 10.6. The van der Waals surface area contributed by atoms with Crippen LogP contribution in [0.3, 0.4) is 0 Å². The first-order chi connectivity index (χ1) is 6.34. The molecule has 1 aliphatic carbocycles. The molecule has 74 valence electrons. The van der Waals surface area contributed by atoms with Crippen LogP contribution >= 0.6 is 0 Å². The van der Waals surface area contributed by atoms with E-state index in [1.54, 1.807) is 6.92 Å². The lowest BCUT2D eigenvalue weighted by Gasteiger charge is -2.37. The highest BCUT2D eigenvalue weighted by Gasteiger charge is 2.43. The van der Waals surface area contributed by atoms with Gasteiger partial charge in [0, 0.05) is 6.42 Å². The second-order valence-corrected chi connectivity index (χ2v) is 4.90. The Bertz CT molecular complexity index is 368. The number of rotatable bonds is 0. The van der Waals surface area contributed by atoms with Gasteiger partial charge in [-0.25, -0.2) is 0 Å². The molecule has 0 amide bonds. The Morgan fingerprint density at radius 1 is 1.29 bits per heavy atom. The fourth-order valence-corrected chi connectivity index (χ4v) is 2.25. The molecular formula is C11H14N2O. The molecule has 1 aliphatic rings. The summed E-state index contributed by atoms with van der Waals surface area (Å²) in [6, 6.07) is 4.07. The highest BCUT2D eigenvalue weighted by Crippen LogP contribution is 2.47. The average Bonchev–Trinajstić information content (AvgIpc) is 2.01. The molecule has 3 heteroatoms. The van der Waals surface area contributed by atoms with Gasteiger partial charge in [-0.15, -0.1) is 0 Å². The number of hydrogen-bond acceptors (Lipinski definition) is 3. The maximum Gasteiger partial charge on any atom is 0.108 e. The van der Waals surface area contributed by atoms with Crippen molar-refractivity contribution >= 4 is 0 Å². The molecule has 1 unspecified atom stereocenters. The molecule has 0 aliphatic heterocycles. The van der Waals surface area contributed by atoms with Gasteiger partial charge in [0.05, 0.1) is 23.1 Å². The van der Waals surface area contributed by atoms with E-state index in [0.717, 1.165) is 0 Å². The summed E-state index contributed by atoms with van der Waals surface area (Å²) in [6.45, 7) is 5.70. The van der Waals surface area contributed by atoms with Gasteiger partial charge in [0.1, 0.15) is 5.76 Å². The predicted molar refractivity (Wildman–Crippen MR) is 52.0 cm³/mol. The molecule has 0 aromatic carbocycles. The molecule has 1 rings (SSSR count). The van der Waals surface area contributed by atoms with Crippen LogP contribution in [0.1, 0.15) is 33.6 Å². The van der Waals surface area contributed by atoms with Crippen molar-refractivity contribution in [2.45, 2.75) is 33.6 Å². The minimum atomic E-state index is -0.833. The molecule has 3 nitrogen and oxygen atoms in total. The fourth-order valence-electron chi connectivity index (χ4n) is 2.25. The van der Waals surface area contributed by atoms with Gasteiger partial charge in [-0.2, -0.15) is 10.5 Å². The van der Waals surface area contributed by atoms with Crippen LogP contribution in [0.15, 0.2) is 11.3 Å². The van der Waals surface area contributed by atoms with E-state index < -0.39 is 5.41 Å². The number of aliphatic hydroxyl groups excluding tert-OH is 1. The van der Waals surface area contributed by atoms with E-state index in [1.165, 1.54) is 0 Å². The van der Waals surface area contributed by atoms with Crippen LogP contribution in [-0.2, 0) is 0 Å². The topological polar surface area (TPSA) is 67.8 Å². The molecule has 0 saturated carbocycles. The molecule has 0 aromatic rings. The maximum atomic E-state index is 9.68. The summed E-state index contributed by atoms with van der Waals surface area (Å²) >= 11 is 0. The van der Waals surface area contributed by atoms with E-state index >= 15 is 0 Å². The number of allylic oxidation sites excluding steroid dienone is 2. The third-order valence-corrected chi connectivity index (χ3v) is 2.68.